The fourth-order valence-corrected chi connectivity index (χ4v) is 8.84. The Hall–Kier alpha value is -3.25. The van der Waals surface area contributed by atoms with Crippen molar-refractivity contribution in [3.63, 3.8) is 0 Å². The SMILES string of the molecule is Cc1ccc(S(=O)(=O)C(O)(O)[C@]2(S(=O)(=O)c3ccc(C)cc3)CCCN2C(=O)OCc2ccccc2)cc1. The van der Waals surface area contributed by atoms with Crippen LogP contribution in [0.4, 0.5) is 4.79 Å². The van der Waals surface area contributed by atoms with Gasteiger partial charge in [0, 0.05) is 6.54 Å². The number of ether oxygens (including phenoxy) is 1. The van der Waals surface area contributed by atoms with Gasteiger partial charge in [0.05, 0.1) is 9.79 Å². The van der Waals surface area contributed by atoms with Crippen molar-refractivity contribution in [2.45, 2.75) is 53.1 Å². The molecule has 1 aliphatic rings. The fourth-order valence-electron chi connectivity index (χ4n) is 4.63. The number of nitrogens with zero attached hydrogens (tertiary/aromatic N) is 1. The van der Waals surface area contributed by atoms with Crippen LogP contribution >= 0.6 is 0 Å². The smallest absolute Gasteiger partial charge is 0.411 e. The second kappa shape index (κ2) is 10.1. The van der Waals surface area contributed by atoms with E-state index in [0.29, 0.717) is 16.0 Å². The van der Waals surface area contributed by atoms with E-state index in [1.807, 2.05) is 0 Å². The first-order valence-electron chi connectivity index (χ1n) is 11.9. The number of amides is 1. The van der Waals surface area contributed by atoms with Crippen LogP contribution in [0.5, 0.6) is 0 Å². The molecule has 0 bridgehead atoms. The molecule has 9 nitrogen and oxygen atoms in total. The summed E-state index contributed by atoms with van der Waals surface area (Å²) in [5.41, 5.74) is 2.05. The third-order valence-electron chi connectivity index (χ3n) is 6.75. The lowest BCUT2D eigenvalue weighted by molar-refractivity contribution is -0.143. The Labute approximate surface area is 222 Å². The summed E-state index contributed by atoms with van der Waals surface area (Å²) in [7, 11) is -10.1. The van der Waals surface area contributed by atoms with E-state index in [-0.39, 0.29) is 24.5 Å². The molecule has 1 atom stereocenters. The summed E-state index contributed by atoms with van der Waals surface area (Å²) in [6.07, 6.45) is -1.76. The second-order valence-corrected chi connectivity index (χ2v) is 13.5. The molecular weight excluding hydrogens is 530 g/mol. The van der Waals surface area contributed by atoms with Gasteiger partial charge in [-0.2, -0.15) is 0 Å². The number of aliphatic hydroxyl groups is 2. The summed E-state index contributed by atoms with van der Waals surface area (Å²) in [5, 5.41) is 19.1. The Morgan fingerprint density at radius 2 is 1.39 bits per heavy atom. The number of benzene rings is 3. The molecule has 1 heterocycles. The molecule has 1 fully saturated rings. The molecule has 1 amide bonds. The molecule has 0 aliphatic carbocycles. The molecule has 0 unspecified atom stereocenters. The van der Waals surface area contributed by atoms with Crippen LogP contribution in [-0.4, -0.2) is 54.6 Å². The highest BCUT2D eigenvalue weighted by Crippen LogP contribution is 2.49. The van der Waals surface area contributed by atoms with Gasteiger partial charge in [-0.15, -0.1) is 0 Å². The maximum absolute atomic E-state index is 14.2. The van der Waals surface area contributed by atoms with E-state index in [0.717, 1.165) is 17.7 Å². The molecule has 1 saturated heterocycles. The van der Waals surface area contributed by atoms with Crippen molar-refractivity contribution in [2.24, 2.45) is 0 Å². The van der Waals surface area contributed by atoms with Gasteiger partial charge < -0.3 is 14.9 Å². The largest absolute Gasteiger partial charge is 0.445 e. The van der Waals surface area contributed by atoms with Crippen molar-refractivity contribution >= 4 is 25.8 Å². The predicted octanol–water partition coefficient (Wildman–Crippen LogP) is 3.32. The number of carbonyl (C=O) groups is 1. The Morgan fingerprint density at radius 1 is 0.868 bits per heavy atom. The highest BCUT2D eigenvalue weighted by molar-refractivity contribution is 7.96. The standard InChI is InChI=1S/C27H29NO8S2/c1-20-9-13-23(14-10-20)37(32,33)26(27(30,31)38(34,35)24-15-11-21(2)12-16-24)17-6-18-28(26)25(29)36-19-22-7-4-3-5-8-22/h3-5,7-16,30-31H,6,17-19H2,1-2H3/t26-/m1/s1. The minimum atomic E-state index is -5.15. The van der Waals surface area contributed by atoms with Crippen LogP contribution in [-0.2, 0) is 31.0 Å². The molecule has 3 aromatic carbocycles. The zero-order valence-electron chi connectivity index (χ0n) is 20.9. The summed E-state index contributed by atoms with van der Waals surface area (Å²) in [6.45, 7) is 2.95. The first-order chi connectivity index (χ1) is 17.8. The monoisotopic (exact) mass is 559 g/mol. The van der Waals surface area contributed by atoms with Gasteiger partial charge in [-0.1, -0.05) is 65.7 Å². The van der Waals surface area contributed by atoms with Gasteiger partial charge in [0.2, 0.25) is 24.5 Å². The average Bonchev–Trinajstić information content (AvgIpc) is 3.36. The maximum Gasteiger partial charge on any atom is 0.411 e. The van der Waals surface area contributed by atoms with Crippen LogP contribution in [0.15, 0.2) is 88.7 Å². The van der Waals surface area contributed by atoms with Crippen molar-refractivity contribution in [3.8, 4) is 0 Å². The van der Waals surface area contributed by atoms with E-state index < -0.39 is 47.1 Å². The van der Waals surface area contributed by atoms with Crippen LogP contribution in [0.2, 0.25) is 0 Å². The maximum atomic E-state index is 14.2. The van der Waals surface area contributed by atoms with Crippen molar-refractivity contribution in [1.29, 1.82) is 0 Å². The number of aryl methyl sites for hydroxylation is 2. The van der Waals surface area contributed by atoms with Gasteiger partial charge in [0.15, 0.2) is 0 Å². The van der Waals surface area contributed by atoms with Gasteiger partial charge in [-0.3, -0.25) is 4.90 Å². The number of carbonyl (C=O) groups excluding carboxylic acids is 1. The zero-order valence-corrected chi connectivity index (χ0v) is 22.6. The van der Waals surface area contributed by atoms with E-state index in [2.05, 4.69) is 0 Å². The molecule has 0 spiro atoms. The molecular formula is C27H29NO8S2. The quantitative estimate of drug-likeness (QED) is 0.421. The molecule has 1 aliphatic heterocycles. The van der Waals surface area contributed by atoms with Crippen LogP contribution < -0.4 is 0 Å². The van der Waals surface area contributed by atoms with Crippen LogP contribution in [0.1, 0.15) is 29.5 Å². The van der Waals surface area contributed by atoms with Gasteiger partial charge in [0.1, 0.15) is 6.61 Å². The normalized spacial score (nSPS) is 18.4. The van der Waals surface area contributed by atoms with Crippen LogP contribution in [0.3, 0.4) is 0 Å². The third kappa shape index (κ3) is 4.49. The van der Waals surface area contributed by atoms with Crippen LogP contribution in [0, 0.1) is 13.8 Å². The first kappa shape index (κ1) is 27.8. The molecule has 0 saturated carbocycles. The lowest BCUT2D eigenvalue weighted by Crippen LogP contribution is -2.70. The summed E-state index contributed by atoms with van der Waals surface area (Å²) < 4.78 is 61.1. The Morgan fingerprint density at radius 3 is 1.95 bits per heavy atom. The Balaban J connectivity index is 1.87. The van der Waals surface area contributed by atoms with Crippen molar-refractivity contribution < 1.29 is 36.6 Å². The third-order valence-corrected chi connectivity index (χ3v) is 11.3. The van der Waals surface area contributed by atoms with Crippen molar-refractivity contribution in [2.75, 3.05) is 6.54 Å². The Kier molecular flexibility index (Phi) is 7.41. The molecule has 202 valence electrons. The second-order valence-electron chi connectivity index (χ2n) is 9.32. The van der Waals surface area contributed by atoms with E-state index in [1.165, 1.54) is 36.4 Å². The highest BCUT2D eigenvalue weighted by Gasteiger charge is 2.72. The van der Waals surface area contributed by atoms with Gasteiger partial charge in [-0.25, -0.2) is 21.6 Å². The number of hydrogen-bond donors (Lipinski definition) is 2. The Bertz CT molecular complexity index is 1520. The number of sulfone groups is 2. The number of rotatable bonds is 7. The molecule has 3 aromatic rings. The van der Waals surface area contributed by atoms with Gasteiger partial charge in [0.25, 0.3) is 0 Å². The lowest BCUT2D eigenvalue weighted by atomic mass is 10.2. The fraction of sp³-hybridized carbons (Fsp3) is 0.296. The van der Waals surface area contributed by atoms with Crippen LogP contribution in [0.25, 0.3) is 0 Å². The zero-order chi connectivity index (χ0) is 27.8. The molecule has 11 heteroatoms. The average molecular weight is 560 g/mol. The molecule has 0 radical (unpaired) electrons. The molecule has 38 heavy (non-hydrogen) atoms. The topological polar surface area (TPSA) is 138 Å². The summed E-state index contributed by atoms with van der Waals surface area (Å²) in [6, 6.07) is 19.3. The predicted molar refractivity (Wildman–Crippen MR) is 139 cm³/mol. The highest BCUT2D eigenvalue weighted by atomic mass is 32.2. The number of hydrogen-bond acceptors (Lipinski definition) is 8. The van der Waals surface area contributed by atoms with Gasteiger partial charge >= 0.3 is 11.2 Å². The van der Waals surface area contributed by atoms with Crippen molar-refractivity contribution in [3.05, 3.63) is 95.6 Å². The van der Waals surface area contributed by atoms with Gasteiger partial charge in [-0.05, 0) is 56.5 Å². The number of likely N-dealkylation sites (tertiary alicyclic amines) is 1. The molecule has 4 rings (SSSR count). The van der Waals surface area contributed by atoms with E-state index in [4.69, 9.17) is 4.74 Å². The summed E-state index contributed by atoms with van der Waals surface area (Å²) >= 11 is 0. The van der Waals surface area contributed by atoms with Crippen molar-refractivity contribution in [1.82, 2.24) is 4.90 Å². The summed E-state index contributed by atoms with van der Waals surface area (Å²) in [4.78, 5) is 10.1. The molecule has 0 aromatic heterocycles. The van der Waals surface area contributed by atoms with E-state index >= 15 is 0 Å². The molecule has 2 N–H and O–H groups in total. The van der Waals surface area contributed by atoms with E-state index in [9.17, 15) is 31.8 Å². The lowest BCUT2D eigenvalue weighted by Gasteiger charge is -2.44. The minimum absolute atomic E-state index is 0.0161. The van der Waals surface area contributed by atoms with E-state index in [1.54, 1.807) is 44.2 Å². The first-order valence-corrected chi connectivity index (χ1v) is 14.9. The summed E-state index contributed by atoms with van der Waals surface area (Å²) in [5.74, 6) is 0. The minimum Gasteiger partial charge on any atom is -0.445 e.